The highest BCUT2D eigenvalue weighted by atomic mass is 16.5. The van der Waals surface area contributed by atoms with Gasteiger partial charge in [0.15, 0.2) is 6.35 Å². The van der Waals surface area contributed by atoms with Gasteiger partial charge in [-0.05, 0) is 45.2 Å². The number of benzene rings is 1. The predicted octanol–water partition coefficient (Wildman–Crippen LogP) is 2.52. The molecule has 1 saturated heterocycles. The van der Waals surface area contributed by atoms with Crippen LogP contribution in [0.25, 0.3) is 0 Å². The number of aryl methyl sites for hydroxylation is 3. The summed E-state index contributed by atoms with van der Waals surface area (Å²) in [5, 5.41) is 10.6. The Morgan fingerprint density at radius 1 is 1.29 bits per heavy atom. The Morgan fingerprint density at radius 3 is 2.50 bits per heavy atom. The van der Waals surface area contributed by atoms with Crippen molar-refractivity contribution in [1.82, 2.24) is 4.90 Å². The molecule has 24 heavy (non-hydrogen) atoms. The standard InChI is InChI=1S/C19H28N2O3/c1-13(2)18(22)24-10-6-7-20-8-9-21(19(20)23)17-15(4)11-14(3)12-16(17)5/h11-12,19,23H,1,6-10H2,2-5H3/t19-/m0/s1. The van der Waals surface area contributed by atoms with Gasteiger partial charge in [0.1, 0.15) is 0 Å². The van der Waals surface area contributed by atoms with Gasteiger partial charge in [-0.15, -0.1) is 0 Å². The number of esters is 1. The van der Waals surface area contributed by atoms with E-state index in [1.165, 1.54) is 16.7 Å². The Labute approximate surface area is 144 Å². The van der Waals surface area contributed by atoms with Crippen LogP contribution >= 0.6 is 0 Å². The molecule has 1 atom stereocenters. The van der Waals surface area contributed by atoms with E-state index in [1.54, 1.807) is 6.92 Å². The molecule has 1 aliphatic heterocycles. The van der Waals surface area contributed by atoms with E-state index in [4.69, 9.17) is 4.74 Å². The largest absolute Gasteiger partial charge is 0.462 e. The van der Waals surface area contributed by atoms with Crippen LogP contribution in [0.15, 0.2) is 24.3 Å². The Hall–Kier alpha value is -1.85. The molecular weight excluding hydrogens is 304 g/mol. The first-order valence-electron chi connectivity index (χ1n) is 8.40. The number of nitrogens with zero attached hydrogens (tertiary/aromatic N) is 2. The quantitative estimate of drug-likeness (QED) is 0.493. The first-order chi connectivity index (χ1) is 11.3. The SMILES string of the molecule is C=C(C)C(=O)OCCCN1CCN(c2c(C)cc(C)cc2C)[C@H]1O. The number of rotatable bonds is 6. The molecule has 0 aliphatic carbocycles. The lowest BCUT2D eigenvalue weighted by molar-refractivity contribution is -0.139. The van der Waals surface area contributed by atoms with Gasteiger partial charge in [-0.1, -0.05) is 24.3 Å². The molecule has 0 aromatic heterocycles. The average Bonchev–Trinajstić information content (AvgIpc) is 2.84. The molecule has 1 aromatic rings. The topological polar surface area (TPSA) is 53.0 Å². The van der Waals surface area contributed by atoms with Gasteiger partial charge in [0.25, 0.3) is 0 Å². The second-order valence-electron chi connectivity index (χ2n) is 6.59. The number of hydrogen-bond donors (Lipinski definition) is 1. The molecule has 0 radical (unpaired) electrons. The van der Waals surface area contributed by atoms with Crippen LogP contribution in [0.3, 0.4) is 0 Å². The zero-order valence-electron chi connectivity index (χ0n) is 15.1. The molecule has 1 heterocycles. The Bertz CT molecular complexity index is 604. The van der Waals surface area contributed by atoms with Crippen LogP contribution in [0, 0.1) is 20.8 Å². The zero-order valence-corrected chi connectivity index (χ0v) is 15.1. The average molecular weight is 332 g/mol. The van der Waals surface area contributed by atoms with Crippen molar-refractivity contribution in [2.45, 2.75) is 40.5 Å². The van der Waals surface area contributed by atoms with Crippen LogP contribution in [0.1, 0.15) is 30.0 Å². The maximum atomic E-state index is 11.3. The summed E-state index contributed by atoms with van der Waals surface area (Å²) >= 11 is 0. The number of anilines is 1. The summed E-state index contributed by atoms with van der Waals surface area (Å²) < 4.78 is 5.10. The van der Waals surface area contributed by atoms with E-state index in [2.05, 4.69) is 39.5 Å². The second-order valence-corrected chi connectivity index (χ2v) is 6.59. The van der Waals surface area contributed by atoms with Crippen molar-refractivity contribution in [3.63, 3.8) is 0 Å². The molecule has 5 nitrogen and oxygen atoms in total. The smallest absolute Gasteiger partial charge is 0.333 e. The van der Waals surface area contributed by atoms with Crippen LogP contribution < -0.4 is 4.90 Å². The number of ether oxygens (including phenoxy) is 1. The van der Waals surface area contributed by atoms with E-state index < -0.39 is 6.35 Å². The van der Waals surface area contributed by atoms with E-state index >= 15 is 0 Å². The molecule has 1 aliphatic rings. The molecule has 5 heteroatoms. The van der Waals surface area contributed by atoms with Crippen LogP contribution in [-0.2, 0) is 9.53 Å². The summed E-state index contributed by atoms with van der Waals surface area (Å²) in [4.78, 5) is 15.4. The first kappa shape index (κ1) is 18.5. The normalized spacial score (nSPS) is 18.0. The van der Waals surface area contributed by atoms with Crippen molar-refractivity contribution in [2.24, 2.45) is 0 Å². The second kappa shape index (κ2) is 7.81. The highest BCUT2D eigenvalue weighted by molar-refractivity contribution is 5.86. The van der Waals surface area contributed by atoms with Crippen LogP contribution in [0.5, 0.6) is 0 Å². The summed E-state index contributed by atoms with van der Waals surface area (Å²) in [5.41, 5.74) is 5.13. The third-order valence-electron chi connectivity index (χ3n) is 4.33. The molecule has 0 spiro atoms. The van der Waals surface area contributed by atoms with Crippen LogP contribution in [0.2, 0.25) is 0 Å². The Balaban J connectivity index is 1.92. The first-order valence-corrected chi connectivity index (χ1v) is 8.40. The van der Waals surface area contributed by atoms with Crippen molar-refractivity contribution in [3.05, 3.63) is 41.0 Å². The molecule has 0 bridgehead atoms. The molecule has 1 fully saturated rings. The van der Waals surface area contributed by atoms with Crippen molar-refractivity contribution >= 4 is 11.7 Å². The summed E-state index contributed by atoms with van der Waals surface area (Å²) in [6, 6.07) is 4.30. The lowest BCUT2D eigenvalue weighted by Crippen LogP contribution is -2.40. The molecule has 0 saturated carbocycles. The van der Waals surface area contributed by atoms with E-state index in [0.29, 0.717) is 25.1 Å². The maximum Gasteiger partial charge on any atom is 0.333 e. The third-order valence-corrected chi connectivity index (χ3v) is 4.33. The van der Waals surface area contributed by atoms with Crippen molar-refractivity contribution in [2.75, 3.05) is 31.1 Å². The number of aliphatic hydroxyl groups is 1. The highest BCUT2D eigenvalue weighted by Crippen LogP contribution is 2.30. The summed E-state index contributed by atoms with van der Waals surface area (Å²) in [6.45, 7) is 14.1. The molecule has 2 rings (SSSR count). The summed E-state index contributed by atoms with van der Waals surface area (Å²) in [7, 11) is 0. The minimum absolute atomic E-state index is 0.345. The number of carbonyl (C=O) groups is 1. The van der Waals surface area contributed by atoms with Gasteiger partial charge in [-0.2, -0.15) is 0 Å². The van der Waals surface area contributed by atoms with Crippen molar-refractivity contribution in [3.8, 4) is 0 Å². The van der Waals surface area contributed by atoms with Gasteiger partial charge >= 0.3 is 5.97 Å². The van der Waals surface area contributed by atoms with E-state index in [-0.39, 0.29) is 5.97 Å². The van der Waals surface area contributed by atoms with Crippen LogP contribution in [-0.4, -0.2) is 48.6 Å². The van der Waals surface area contributed by atoms with Gasteiger partial charge in [0.05, 0.1) is 6.61 Å². The molecule has 132 valence electrons. The molecule has 0 unspecified atom stereocenters. The molecule has 0 amide bonds. The number of hydrogen-bond acceptors (Lipinski definition) is 5. The van der Waals surface area contributed by atoms with Gasteiger partial charge < -0.3 is 14.7 Å². The maximum absolute atomic E-state index is 11.3. The molecule has 1 aromatic carbocycles. The minimum atomic E-state index is -0.637. The van der Waals surface area contributed by atoms with Gasteiger partial charge in [-0.3, -0.25) is 4.90 Å². The van der Waals surface area contributed by atoms with E-state index in [0.717, 1.165) is 18.8 Å². The lowest BCUT2D eigenvalue weighted by atomic mass is 10.0. The third kappa shape index (κ3) is 4.16. The fourth-order valence-corrected chi connectivity index (χ4v) is 3.30. The van der Waals surface area contributed by atoms with Crippen molar-refractivity contribution < 1.29 is 14.6 Å². The van der Waals surface area contributed by atoms with Crippen molar-refractivity contribution in [1.29, 1.82) is 0 Å². The monoisotopic (exact) mass is 332 g/mol. The predicted molar refractivity (Wildman–Crippen MR) is 96.0 cm³/mol. The van der Waals surface area contributed by atoms with Crippen LogP contribution in [0.4, 0.5) is 5.69 Å². The molecular formula is C19H28N2O3. The molecule has 1 N–H and O–H groups in total. The van der Waals surface area contributed by atoms with Gasteiger partial charge in [0, 0.05) is 30.9 Å². The van der Waals surface area contributed by atoms with E-state index in [1.807, 2.05) is 9.80 Å². The minimum Gasteiger partial charge on any atom is -0.462 e. The highest BCUT2D eigenvalue weighted by Gasteiger charge is 2.31. The fourth-order valence-electron chi connectivity index (χ4n) is 3.30. The lowest BCUT2D eigenvalue weighted by Gasteiger charge is -2.29. The van der Waals surface area contributed by atoms with Gasteiger partial charge in [-0.25, -0.2) is 4.79 Å². The number of aliphatic hydroxyl groups excluding tert-OH is 1. The fraction of sp³-hybridized carbons (Fsp3) is 0.526. The van der Waals surface area contributed by atoms with E-state index in [9.17, 15) is 9.90 Å². The van der Waals surface area contributed by atoms with Gasteiger partial charge in [0.2, 0.25) is 0 Å². The summed E-state index contributed by atoms with van der Waals surface area (Å²) in [5.74, 6) is -0.357. The zero-order chi connectivity index (χ0) is 17.9. The Morgan fingerprint density at radius 2 is 1.92 bits per heavy atom. The Kier molecular flexibility index (Phi) is 6.02. The number of carbonyl (C=O) groups excluding carboxylic acids is 1. The summed E-state index contributed by atoms with van der Waals surface area (Å²) in [6.07, 6.45) is 0.0532.